The average Bonchev–Trinajstić information content (AvgIpc) is 2.29. The van der Waals surface area contributed by atoms with Crippen LogP contribution in [0.2, 0.25) is 5.02 Å². The Balaban J connectivity index is 2.48. The van der Waals surface area contributed by atoms with Crippen molar-refractivity contribution in [2.24, 2.45) is 5.73 Å². The highest BCUT2D eigenvalue weighted by Gasteiger charge is 2.21. The predicted octanol–water partition coefficient (Wildman–Crippen LogP) is 1.20. The Hall–Kier alpha value is -0.810. The number of aliphatic hydroxyl groups excluding tert-OH is 1. The quantitative estimate of drug-likeness (QED) is 0.800. The van der Waals surface area contributed by atoms with Gasteiger partial charge in [-0.3, -0.25) is 0 Å². The summed E-state index contributed by atoms with van der Waals surface area (Å²) in [6.07, 6.45) is 0. The number of benzene rings is 1. The van der Waals surface area contributed by atoms with Crippen molar-refractivity contribution in [1.29, 1.82) is 0 Å². The van der Waals surface area contributed by atoms with Gasteiger partial charge in [-0.15, -0.1) is 0 Å². The number of rotatable bonds is 2. The van der Waals surface area contributed by atoms with Gasteiger partial charge in [0.2, 0.25) is 0 Å². The standard InChI is InChI=1S/C10H12ClNO3/c11-8-2-1-6(9(12)3-13)10-7(8)4-14-5-15-10/h1-2,9,13H,3-5,12H2. The van der Waals surface area contributed by atoms with E-state index < -0.39 is 6.04 Å². The number of fused-ring (bicyclic) bond motifs is 1. The summed E-state index contributed by atoms with van der Waals surface area (Å²) in [6, 6.07) is 3.06. The van der Waals surface area contributed by atoms with Gasteiger partial charge in [0, 0.05) is 16.1 Å². The fourth-order valence-electron chi connectivity index (χ4n) is 1.56. The summed E-state index contributed by atoms with van der Waals surface area (Å²) in [7, 11) is 0. The van der Waals surface area contributed by atoms with Crippen LogP contribution in [-0.2, 0) is 11.3 Å². The van der Waals surface area contributed by atoms with Crippen LogP contribution < -0.4 is 10.5 Å². The molecule has 1 unspecified atom stereocenters. The third kappa shape index (κ3) is 1.94. The van der Waals surface area contributed by atoms with E-state index in [1.807, 2.05) is 0 Å². The molecular weight excluding hydrogens is 218 g/mol. The minimum Gasteiger partial charge on any atom is -0.467 e. The Morgan fingerprint density at radius 2 is 2.33 bits per heavy atom. The second-order valence-electron chi connectivity index (χ2n) is 3.34. The van der Waals surface area contributed by atoms with E-state index in [1.54, 1.807) is 12.1 Å². The monoisotopic (exact) mass is 229 g/mol. The SMILES string of the molecule is NC(CO)c1ccc(Cl)c2c1OCOC2. The van der Waals surface area contributed by atoms with E-state index in [0.29, 0.717) is 17.4 Å². The second kappa shape index (κ2) is 4.37. The third-order valence-electron chi connectivity index (χ3n) is 2.36. The molecule has 82 valence electrons. The zero-order valence-corrected chi connectivity index (χ0v) is 8.83. The maximum Gasteiger partial charge on any atom is 0.189 e. The van der Waals surface area contributed by atoms with E-state index in [4.69, 9.17) is 31.9 Å². The maximum atomic E-state index is 9.01. The molecule has 0 radical (unpaired) electrons. The molecule has 0 fully saturated rings. The average molecular weight is 230 g/mol. The molecule has 1 heterocycles. The van der Waals surface area contributed by atoms with Crippen LogP contribution in [0.1, 0.15) is 17.2 Å². The van der Waals surface area contributed by atoms with E-state index in [1.165, 1.54) is 0 Å². The van der Waals surface area contributed by atoms with Crippen molar-refractivity contribution in [3.63, 3.8) is 0 Å². The summed E-state index contributed by atoms with van der Waals surface area (Å²) >= 11 is 6.00. The van der Waals surface area contributed by atoms with Gasteiger partial charge in [0.25, 0.3) is 0 Å². The lowest BCUT2D eigenvalue weighted by atomic mass is 10.0. The summed E-state index contributed by atoms with van der Waals surface area (Å²) < 4.78 is 10.5. The number of aliphatic hydroxyl groups is 1. The van der Waals surface area contributed by atoms with Gasteiger partial charge in [-0.2, -0.15) is 0 Å². The molecule has 5 heteroatoms. The maximum absolute atomic E-state index is 9.01. The molecule has 0 saturated carbocycles. The number of hydrogen-bond acceptors (Lipinski definition) is 4. The fourth-order valence-corrected chi connectivity index (χ4v) is 1.76. The highest BCUT2D eigenvalue weighted by atomic mass is 35.5. The summed E-state index contributed by atoms with van der Waals surface area (Å²) in [4.78, 5) is 0. The number of halogens is 1. The highest BCUT2D eigenvalue weighted by Crippen LogP contribution is 2.35. The van der Waals surface area contributed by atoms with Crippen molar-refractivity contribution in [3.8, 4) is 5.75 Å². The number of nitrogens with two attached hydrogens (primary N) is 1. The van der Waals surface area contributed by atoms with E-state index >= 15 is 0 Å². The van der Waals surface area contributed by atoms with Crippen LogP contribution in [0.25, 0.3) is 0 Å². The van der Waals surface area contributed by atoms with E-state index in [0.717, 1.165) is 11.1 Å². The van der Waals surface area contributed by atoms with Gasteiger partial charge in [-0.05, 0) is 6.07 Å². The summed E-state index contributed by atoms with van der Waals surface area (Å²) in [6.45, 7) is 0.483. The zero-order valence-electron chi connectivity index (χ0n) is 8.07. The van der Waals surface area contributed by atoms with Crippen LogP contribution in [0.4, 0.5) is 0 Å². The Kier molecular flexibility index (Phi) is 3.11. The zero-order chi connectivity index (χ0) is 10.8. The lowest BCUT2D eigenvalue weighted by Crippen LogP contribution is -2.20. The molecule has 1 aromatic rings. The van der Waals surface area contributed by atoms with Gasteiger partial charge < -0.3 is 20.3 Å². The smallest absolute Gasteiger partial charge is 0.189 e. The van der Waals surface area contributed by atoms with Crippen LogP contribution >= 0.6 is 11.6 Å². The Morgan fingerprint density at radius 1 is 1.53 bits per heavy atom. The van der Waals surface area contributed by atoms with E-state index in [-0.39, 0.29) is 13.4 Å². The first-order valence-corrected chi connectivity index (χ1v) is 5.00. The fraction of sp³-hybridized carbons (Fsp3) is 0.400. The van der Waals surface area contributed by atoms with Crippen LogP contribution in [0, 0.1) is 0 Å². The van der Waals surface area contributed by atoms with Crippen LogP contribution in [-0.4, -0.2) is 18.5 Å². The van der Waals surface area contributed by atoms with Gasteiger partial charge in [0.05, 0.1) is 19.3 Å². The topological polar surface area (TPSA) is 64.7 Å². The third-order valence-corrected chi connectivity index (χ3v) is 2.72. The molecule has 15 heavy (non-hydrogen) atoms. The molecule has 0 saturated heterocycles. The Morgan fingerprint density at radius 3 is 3.07 bits per heavy atom. The van der Waals surface area contributed by atoms with Crippen molar-refractivity contribution < 1.29 is 14.6 Å². The first-order chi connectivity index (χ1) is 7.24. The first-order valence-electron chi connectivity index (χ1n) is 4.62. The lowest BCUT2D eigenvalue weighted by Gasteiger charge is -2.23. The van der Waals surface area contributed by atoms with Gasteiger partial charge in [-0.1, -0.05) is 17.7 Å². The molecule has 0 bridgehead atoms. The van der Waals surface area contributed by atoms with Crippen molar-refractivity contribution in [3.05, 3.63) is 28.3 Å². The van der Waals surface area contributed by atoms with Gasteiger partial charge in [0.15, 0.2) is 6.79 Å². The molecule has 1 aliphatic heterocycles. The molecule has 3 N–H and O–H groups in total. The van der Waals surface area contributed by atoms with Gasteiger partial charge in [-0.25, -0.2) is 0 Å². The Labute approximate surface area is 92.5 Å². The van der Waals surface area contributed by atoms with E-state index in [2.05, 4.69) is 0 Å². The number of ether oxygens (including phenoxy) is 2. The van der Waals surface area contributed by atoms with Crippen molar-refractivity contribution in [2.75, 3.05) is 13.4 Å². The van der Waals surface area contributed by atoms with Crippen molar-refractivity contribution >= 4 is 11.6 Å². The number of hydrogen-bond donors (Lipinski definition) is 2. The van der Waals surface area contributed by atoms with Crippen LogP contribution in [0.3, 0.4) is 0 Å². The molecule has 1 atom stereocenters. The molecule has 1 aliphatic rings. The summed E-state index contributed by atoms with van der Waals surface area (Å²) in [5, 5.41) is 9.61. The lowest BCUT2D eigenvalue weighted by molar-refractivity contribution is -0.0173. The molecule has 4 nitrogen and oxygen atoms in total. The largest absolute Gasteiger partial charge is 0.467 e. The molecule has 0 aromatic heterocycles. The molecule has 1 aromatic carbocycles. The normalized spacial score (nSPS) is 16.7. The molecule has 0 aliphatic carbocycles. The second-order valence-corrected chi connectivity index (χ2v) is 3.75. The van der Waals surface area contributed by atoms with Crippen molar-refractivity contribution in [1.82, 2.24) is 0 Å². The van der Waals surface area contributed by atoms with Crippen LogP contribution in [0.15, 0.2) is 12.1 Å². The first kappa shape index (κ1) is 10.7. The van der Waals surface area contributed by atoms with E-state index in [9.17, 15) is 0 Å². The van der Waals surface area contributed by atoms with Crippen molar-refractivity contribution in [2.45, 2.75) is 12.6 Å². The minimum absolute atomic E-state index is 0.127. The molecule has 0 amide bonds. The molecular formula is C10H12ClNO3. The van der Waals surface area contributed by atoms with Gasteiger partial charge >= 0.3 is 0 Å². The van der Waals surface area contributed by atoms with Crippen LogP contribution in [0.5, 0.6) is 5.75 Å². The van der Waals surface area contributed by atoms with Gasteiger partial charge in [0.1, 0.15) is 5.75 Å². The predicted molar refractivity (Wildman–Crippen MR) is 55.8 cm³/mol. The summed E-state index contributed by atoms with van der Waals surface area (Å²) in [5.74, 6) is 0.648. The summed E-state index contributed by atoms with van der Waals surface area (Å²) in [5.41, 5.74) is 7.31. The molecule has 0 spiro atoms. The Bertz CT molecular complexity index is 370. The minimum atomic E-state index is -0.450. The highest BCUT2D eigenvalue weighted by molar-refractivity contribution is 6.31. The molecule has 2 rings (SSSR count).